The molecule has 0 fully saturated rings. The van der Waals surface area contributed by atoms with Crippen LogP contribution < -0.4 is 0 Å². The molecule has 1 aliphatic heterocycles. The molecule has 1 heterocycles. The van der Waals surface area contributed by atoms with E-state index in [1.807, 2.05) is 19.9 Å². The van der Waals surface area contributed by atoms with Gasteiger partial charge in [0.25, 0.3) is 0 Å². The molecule has 6 nitrogen and oxygen atoms in total. The number of allylic oxidation sites excluding steroid dienone is 1. The second-order valence-corrected chi connectivity index (χ2v) is 7.46. The Labute approximate surface area is 170 Å². The van der Waals surface area contributed by atoms with Crippen molar-refractivity contribution in [3.8, 4) is 0 Å². The Bertz CT molecular complexity index is 787. The van der Waals surface area contributed by atoms with Crippen LogP contribution in [0.1, 0.15) is 45.6 Å². The number of benzene rings is 1. The van der Waals surface area contributed by atoms with E-state index < -0.39 is 17.9 Å². The molecule has 1 aromatic rings. The van der Waals surface area contributed by atoms with Crippen LogP contribution in [0.5, 0.6) is 0 Å². The van der Waals surface area contributed by atoms with Crippen molar-refractivity contribution in [1.82, 2.24) is 4.90 Å². The highest BCUT2D eigenvalue weighted by Gasteiger charge is 2.38. The topological polar surface area (TPSA) is 72.9 Å². The molecule has 2 rings (SSSR count). The highest BCUT2D eigenvalue weighted by molar-refractivity contribution is 6.31. The average molecular weight is 408 g/mol. The Morgan fingerprint density at radius 3 is 2.54 bits per heavy atom. The van der Waals surface area contributed by atoms with Crippen molar-refractivity contribution in [1.29, 1.82) is 0 Å². The van der Waals surface area contributed by atoms with E-state index in [-0.39, 0.29) is 38.0 Å². The summed E-state index contributed by atoms with van der Waals surface area (Å²) in [6.45, 7) is 7.46. The lowest BCUT2D eigenvalue weighted by molar-refractivity contribution is -0.149. The van der Waals surface area contributed by atoms with Crippen LogP contribution in [0.2, 0.25) is 5.02 Å². The molecule has 0 aromatic heterocycles. The first-order chi connectivity index (χ1) is 13.3. The van der Waals surface area contributed by atoms with E-state index in [4.69, 9.17) is 21.1 Å². The summed E-state index contributed by atoms with van der Waals surface area (Å²) in [6.07, 6.45) is 0.0204. The molecular formula is C21H26ClNO5. The number of hydrogen-bond acceptors (Lipinski definition) is 5. The normalized spacial score (nSPS) is 17.1. The van der Waals surface area contributed by atoms with Gasteiger partial charge in [0, 0.05) is 23.1 Å². The Morgan fingerprint density at radius 1 is 1.25 bits per heavy atom. The highest BCUT2D eigenvalue weighted by atomic mass is 35.5. The average Bonchev–Trinajstić information content (AvgIpc) is 2.63. The third-order valence-corrected chi connectivity index (χ3v) is 4.81. The largest absolute Gasteiger partial charge is 0.465 e. The molecule has 0 aliphatic carbocycles. The summed E-state index contributed by atoms with van der Waals surface area (Å²) in [4.78, 5) is 38.9. The zero-order valence-corrected chi connectivity index (χ0v) is 17.4. The minimum atomic E-state index is -0.528. The lowest BCUT2D eigenvalue weighted by atomic mass is 9.83. The predicted octanol–water partition coefficient (Wildman–Crippen LogP) is 3.69. The fraction of sp³-hybridized carbons (Fsp3) is 0.476. The molecule has 0 N–H and O–H groups in total. The van der Waals surface area contributed by atoms with E-state index in [1.165, 1.54) is 4.90 Å². The minimum absolute atomic E-state index is 0.0204. The number of hydrogen-bond donors (Lipinski definition) is 0. The van der Waals surface area contributed by atoms with Crippen LogP contribution in [0.4, 0.5) is 0 Å². The van der Waals surface area contributed by atoms with Gasteiger partial charge in [-0.25, -0.2) is 4.79 Å². The summed E-state index contributed by atoms with van der Waals surface area (Å²) in [7, 11) is 0. The van der Waals surface area contributed by atoms with Crippen molar-refractivity contribution < 1.29 is 23.9 Å². The number of esters is 2. The first kappa shape index (κ1) is 22.0. The van der Waals surface area contributed by atoms with Crippen LogP contribution in [0.3, 0.4) is 0 Å². The van der Waals surface area contributed by atoms with Gasteiger partial charge in [-0.15, -0.1) is 0 Å². The van der Waals surface area contributed by atoms with E-state index in [2.05, 4.69) is 0 Å². The minimum Gasteiger partial charge on any atom is -0.465 e. The Balaban J connectivity index is 2.46. The number of amides is 1. The summed E-state index contributed by atoms with van der Waals surface area (Å²) in [5.74, 6) is -1.65. The molecule has 7 heteroatoms. The molecule has 0 bridgehead atoms. The van der Waals surface area contributed by atoms with Crippen LogP contribution in [0.15, 0.2) is 35.5 Å². The monoisotopic (exact) mass is 407 g/mol. The maximum Gasteiger partial charge on any atom is 0.336 e. The lowest BCUT2D eigenvalue weighted by Crippen LogP contribution is -2.41. The Hall–Kier alpha value is -2.34. The number of halogens is 1. The van der Waals surface area contributed by atoms with Gasteiger partial charge >= 0.3 is 11.9 Å². The van der Waals surface area contributed by atoms with E-state index in [0.717, 1.165) is 0 Å². The Kier molecular flexibility index (Phi) is 7.63. The van der Waals surface area contributed by atoms with Gasteiger partial charge in [-0.3, -0.25) is 9.59 Å². The van der Waals surface area contributed by atoms with E-state index >= 15 is 0 Å². The van der Waals surface area contributed by atoms with Gasteiger partial charge in [0.2, 0.25) is 5.91 Å². The third-order valence-electron chi connectivity index (χ3n) is 4.46. The quantitative estimate of drug-likeness (QED) is 0.644. The second kappa shape index (κ2) is 9.73. The fourth-order valence-electron chi connectivity index (χ4n) is 3.15. The van der Waals surface area contributed by atoms with Gasteiger partial charge in [-0.1, -0.05) is 43.6 Å². The number of rotatable bonds is 7. The molecule has 1 aliphatic rings. The molecule has 1 atom stereocenters. The number of carbonyl (C=O) groups excluding carboxylic acids is 3. The highest BCUT2D eigenvalue weighted by Crippen LogP contribution is 2.39. The first-order valence-electron chi connectivity index (χ1n) is 9.34. The zero-order chi connectivity index (χ0) is 20.8. The fourth-order valence-corrected chi connectivity index (χ4v) is 3.41. The van der Waals surface area contributed by atoms with Crippen molar-refractivity contribution in [3.63, 3.8) is 0 Å². The number of ether oxygens (including phenoxy) is 2. The van der Waals surface area contributed by atoms with Gasteiger partial charge in [-0.05, 0) is 31.4 Å². The maximum absolute atomic E-state index is 12.9. The van der Waals surface area contributed by atoms with Crippen molar-refractivity contribution in [2.45, 2.75) is 40.0 Å². The molecule has 0 radical (unpaired) electrons. The molecular weight excluding hydrogens is 382 g/mol. The van der Waals surface area contributed by atoms with Gasteiger partial charge < -0.3 is 14.4 Å². The summed E-state index contributed by atoms with van der Waals surface area (Å²) < 4.78 is 10.4. The molecule has 0 saturated heterocycles. The van der Waals surface area contributed by atoms with Crippen LogP contribution >= 0.6 is 11.6 Å². The van der Waals surface area contributed by atoms with E-state index in [1.54, 1.807) is 32.0 Å². The van der Waals surface area contributed by atoms with Gasteiger partial charge in [0.15, 0.2) is 0 Å². The van der Waals surface area contributed by atoms with Gasteiger partial charge in [0.1, 0.15) is 6.54 Å². The van der Waals surface area contributed by atoms with Crippen LogP contribution in [0, 0.1) is 5.92 Å². The SMILES string of the molecule is CCOC(=O)CN1C(=O)C[C@H](c2ccccc2Cl)C(C(=O)OCC(C)C)=C1C. The van der Waals surface area contributed by atoms with Crippen molar-refractivity contribution >= 4 is 29.4 Å². The van der Waals surface area contributed by atoms with Crippen molar-refractivity contribution in [2.75, 3.05) is 19.8 Å². The zero-order valence-electron chi connectivity index (χ0n) is 16.7. The predicted molar refractivity (Wildman–Crippen MR) is 106 cm³/mol. The number of carbonyl (C=O) groups is 3. The van der Waals surface area contributed by atoms with E-state index in [9.17, 15) is 14.4 Å². The molecule has 0 saturated carbocycles. The van der Waals surface area contributed by atoms with E-state index in [0.29, 0.717) is 21.9 Å². The molecule has 28 heavy (non-hydrogen) atoms. The van der Waals surface area contributed by atoms with Crippen LogP contribution in [0.25, 0.3) is 0 Å². The summed E-state index contributed by atoms with van der Waals surface area (Å²) in [5, 5.41) is 0.473. The molecule has 0 unspecified atom stereocenters. The third kappa shape index (κ3) is 5.13. The summed E-state index contributed by atoms with van der Waals surface area (Å²) in [6, 6.07) is 7.11. The Morgan fingerprint density at radius 2 is 1.93 bits per heavy atom. The standard InChI is InChI=1S/C21H26ClNO5/c1-5-27-19(25)11-23-14(4)20(21(26)28-12-13(2)3)16(10-18(23)24)15-8-6-7-9-17(15)22/h6-9,13,16H,5,10-12H2,1-4H3/t16-/m1/s1. The summed E-state index contributed by atoms with van der Waals surface area (Å²) >= 11 is 6.34. The second-order valence-electron chi connectivity index (χ2n) is 7.05. The van der Waals surface area contributed by atoms with Gasteiger partial charge in [0.05, 0.1) is 18.8 Å². The molecule has 1 aromatic carbocycles. The lowest BCUT2D eigenvalue weighted by Gasteiger charge is -2.34. The van der Waals surface area contributed by atoms with Crippen LogP contribution in [-0.4, -0.2) is 42.5 Å². The van der Waals surface area contributed by atoms with Crippen LogP contribution in [-0.2, 0) is 23.9 Å². The first-order valence-corrected chi connectivity index (χ1v) is 9.72. The smallest absolute Gasteiger partial charge is 0.336 e. The molecule has 152 valence electrons. The molecule has 1 amide bonds. The maximum atomic E-state index is 12.9. The van der Waals surface area contributed by atoms with Gasteiger partial charge in [-0.2, -0.15) is 0 Å². The van der Waals surface area contributed by atoms with Crippen molar-refractivity contribution in [3.05, 3.63) is 46.1 Å². The van der Waals surface area contributed by atoms with Crippen molar-refractivity contribution in [2.24, 2.45) is 5.92 Å². The summed E-state index contributed by atoms with van der Waals surface area (Å²) in [5.41, 5.74) is 1.42. The number of nitrogens with zero attached hydrogens (tertiary/aromatic N) is 1. The molecule has 0 spiro atoms.